The van der Waals surface area contributed by atoms with Crippen LogP contribution >= 0.6 is 0 Å². The van der Waals surface area contributed by atoms with Gasteiger partial charge in [-0.1, -0.05) is 72.9 Å². The van der Waals surface area contributed by atoms with Crippen molar-refractivity contribution in [2.75, 3.05) is 13.2 Å². The summed E-state index contributed by atoms with van der Waals surface area (Å²) in [5.74, 6) is 0.881. The van der Waals surface area contributed by atoms with Gasteiger partial charge in [-0.15, -0.1) is 0 Å². The summed E-state index contributed by atoms with van der Waals surface area (Å²) in [5, 5.41) is 16.4. The van der Waals surface area contributed by atoms with E-state index in [1.807, 2.05) is 31.2 Å². The number of benzene rings is 2. The first-order valence-corrected chi connectivity index (χ1v) is 11.0. The highest BCUT2D eigenvalue weighted by atomic mass is 16.7. The maximum Gasteiger partial charge on any atom is 0.276 e. The summed E-state index contributed by atoms with van der Waals surface area (Å²) in [6, 6.07) is 16.2. The molecule has 31 heavy (non-hydrogen) atoms. The molecule has 4 rings (SSSR count). The van der Waals surface area contributed by atoms with E-state index in [4.69, 9.17) is 19.8 Å². The molecule has 0 amide bonds. The number of hydrogen-bond acceptors (Lipinski definition) is 6. The van der Waals surface area contributed by atoms with E-state index in [-0.39, 0.29) is 17.7 Å². The molecule has 1 unspecified atom stereocenters. The monoisotopic (exact) mass is 419 g/mol. The summed E-state index contributed by atoms with van der Waals surface area (Å²) in [4.78, 5) is 10.7. The molecule has 1 heterocycles. The van der Waals surface area contributed by atoms with E-state index in [1.165, 1.54) is 37.7 Å². The van der Waals surface area contributed by atoms with Gasteiger partial charge in [-0.25, -0.2) is 0 Å². The molecule has 1 aliphatic carbocycles. The van der Waals surface area contributed by atoms with Crippen LogP contribution in [0.3, 0.4) is 0 Å². The Morgan fingerprint density at radius 2 is 1.87 bits per heavy atom. The summed E-state index contributed by atoms with van der Waals surface area (Å²) in [6.07, 6.45) is 8.11. The van der Waals surface area contributed by atoms with Crippen molar-refractivity contribution in [3.8, 4) is 0 Å². The van der Waals surface area contributed by atoms with E-state index in [0.717, 1.165) is 11.1 Å². The second-order valence-corrected chi connectivity index (χ2v) is 8.02. The van der Waals surface area contributed by atoms with Crippen LogP contribution in [-0.4, -0.2) is 31.0 Å². The quantitative estimate of drug-likeness (QED) is 0.470. The van der Waals surface area contributed by atoms with E-state index in [2.05, 4.69) is 34.6 Å². The SMILES string of the molecule is CC(O/N=C/c1ccccc1C(=N)C1=NOCCO1)c1ccc(C2CCCCC2)cc1. The molecule has 6 heteroatoms. The fourth-order valence-electron chi connectivity index (χ4n) is 4.09. The first kappa shape index (κ1) is 21.1. The predicted molar refractivity (Wildman–Crippen MR) is 122 cm³/mol. The molecule has 2 aromatic rings. The molecule has 2 aliphatic rings. The first-order chi connectivity index (χ1) is 15.2. The largest absolute Gasteiger partial charge is 0.470 e. The lowest BCUT2D eigenvalue weighted by atomic mass is 9.84. The van der Waals surface area contributed by atoms with Crippen LogP contribution in [0.15, 0.2) is 58.8 Å². The summed E-state index contributed by atoms with van der Waals surface area (Å²) >= 11 is 0. The van der Waals surface area contributed by atoms with Crippen molar-refractivity contribution < 1.29 is 14.4 Å². The van der Waals surface area contributed by atoms with Crippen LogP contribution < -0.4 is 0 Å². The molecule has 2 aromatic carbocycles. The molecule has 1 N–H and O–H groups in total. The lowest BCUT2D eigenvalue weighted by Crippen LogP contribution is -2.25. The molecule has 1 saturated carbocycles. The van der Waals surface area contributed by atoms with Crippen LogP contribution in [0.4, 0.5) is 0 Å². The van der Waals surface area contributed by atoms with Gasteiger partial charge in [0.05, 0.1) is 6.21 Å². The van der Waals surface area contributed by atoms with E-state index in [0.29, 0.717) is 24.7 Å². The minimum absolute atomic E-state index is 0.160. The molecule has 1 fully saturated rings. The van der Waals surface area contributed by atoms with Gasteiger partial charge in [0.25, 0.3) is 5.90 Å². The van der Waals surface area contributed by atoms with Gasteiger partial charge in [0.15, 0.2) is 6.61 Å². The van der Waals surface area contributed by atoms with Gasteiger partial charge < -0.3 is 14.4 Å². The van der Waals surface area contributed by atoms with Crippen LogP contribution in [0.25, 0.3) is 0 Å². The van der Waals surface area contributed by atoms with Crippen LogP contribution in [-0.2, 0) is 14.4 Å². The fraction of sp³-hybridized carbons (Fsp3) is 0.400. The molecule has 0 aromatic heterocycles. The highest BCUT2D eigenvalue weighted by Gasteiger charge is 2.18. The molecule has 162 valence electrons. The second kappa shape index (κ2) is 10.2. The zero-order valence-corrected chi connectivity index (χ0v) is 17.9. The van der Waals surface area contributed by atoms with Crippen molar-refractivity contribution in [3.63, 3.8) is 0 Å². The maximum atomic E-state index is 8.39. The zero-order valence-electron chi connectivity index (χ0n) is 17.9. The Hall–Kier alpha value is -3.15. The number of hydrogen-bond donors (Lipinski definition) is 1. The lowest BCUT2D eigenvalue weighted by Gasteiger charge is -2.22. The minimum atomic E-state index is -0.164. The van der Waals surface area contributed by atoms with E-state index in [9.17, 15) is 0 Å². The van der Waals surface area contributed by atoms with Crippen molar-refractivity contribution in [1.82, 2.24) is 0 Å². The molecular weight excluding hydrogens is 390 g/mol. The van der Waals surface area contributed by atoms with Crippen molar-refractivity contribution in [2.45, 2.75) is 51.0 Å². The van der Waals surface area contributed by atoms with E-state index in [1.54, 1.807) is 6.21 Å². The average molecular weight is 420 g/mol. The summed E-state index contributed by atoms with van der Waals surface area (Å²) < 4.78 is 5.43. The predicted octanol–water partition coefficient (Wildman–Crippen LogP) is 5.57. The van der Waals surface area contributed by atoms with Gasteiger partial charge in [0, 0.05) is 11.1 Å². The molecule has 0 radical (unpaired) electrons. The highest BCUT2D eigenvalue weighted by Crippen LogP contribution is 2.33. The Labute approximate surface area is 183 Å². The first-order valence-electron chi connectivity index (χ1n) is 11.0. The lowest BCUT2D eigenvalue weighted by molar-refractivity contribution is 0.0676. The Kier molecular flexibility index (Phi) is 6.97. The molecular formula is C25H29N3O3. The molecule has 1 aliphatic heterocycles. The fourth-order valence-corrected chi connectivity index (χ4v) is 4.09. The van der Waals surface area contributed by atoms with Crippen molar-refractivity contribution in [1.29, 1.82) is 5.41 Å². The normalized spacial score (nSPS) is 18.0. The van der Waals surface area contributed by atoms with E-state index >= 15 is 0 Å². The topological polar surface area (TPSA) is 76.3 Å². The van der Waals surface area contributed by atoms with Crippen LogP contribution in [0.2, 0.25) is 0 Å². The molecule has 6 nitrogen and oxygen atoms in total. The van der Waals surface area contributed by atoms with Gasteiger partial charge in [-0.05, 0) is 42.0 Å². The van der Waals surface area contributed by atoms with Crippen molar-refractivity contribution >= 4 is 17.8 Å². The number of nitrogens with one attached hydrogen (secondary N) is 1. The Morgan fingerprint density at radius 1 is 1.10 bits per heavy atom. The summed E-state index contributed by atoms with van der Waals surface area (Å²) in [6.45, 7) is 2.77. The molecule has 1 atom stereocenters. The van der Waals surface area contributed by atoms with Gasteiger partial charge in [-0.2, -0.15) is 0 Å². The maximum absolute atomic E-state index is 8.39. The van der Waals surface area contributed by atoms with Gasteiger partial charge >= 0.3 is 0 Å². The second-order valence-electron chi connectivity index (χ2n) is 8.02. The third kappa shape index (κ3) is 5.32. The molecule has 0 saturated heterocycles. The van der Waals surface area contributed by atoms with Gasteiger partial charge in [0.2, 0.25) is 0 Å². The number of ether oxygens (including phenoxy) is 1. The Bertz CT molecular complexity index is 947. The van der Waals surface area contributed by atoms with Gasteiger partial charge in [-0.3, -0.25) is 5.41 Å². The van der Waals surface area contributed by atoms with Crippen LogP contribution in [0.5, 0.6) is 0 Å². The number of rotatable bonds is 7. The molecule has 0 bridgehead atoms. The van der Waals surface area contributed by atoms with Crippen molar-refractivity contribution in [3.05, 3.63) is 70.8 Å². The number of oxime groups is 2. The zero-order chi connectivity index (χ0) is 21.5. The van der Waals surface area contributed by atoms with Crippen LogP contribution in [0, 0.1) is 5.41 Å². The van der Waals surface area contributed by atoms with Crippen molar-refractivity contribution in [2.24, 2.45) is 10.3 Å². The standard InChI is InChI=1S/C25H29N3O3/c1-18(19-11-13-21(14-12-19)20-7-3-2-4-8-20)31-27-17-22-9-5-6-10-23(22)24(26)25-28-30-16-15-29-25/h5-6,9-14,17-18,20,26H,2-4,7-8,15-16H2,1H3/b26-24?,27-17+. The van der Waals surface area contributed by atoms with Crippen LogP contribution in [0.1, 0.15) is 73.3 Å². The third-order valence-electron chi connectivity index (χ3n) is 5.90. The van der Waals surface area contributed by atoms with E-state index < -0.39 is 0 Å². The summed E-state index contributed by atoms with van der Waals surface area (Å²) in [7, 11) is 0. The third-order valence-corrected chi connectivity index (χ3v) is 5.90. The smallest absolute Gasteiger partial charge is 0.276 e. The molecule has 0 spiro atoms. The summed E-state index contributed by atoms with van der Waals surface area (Å²) in [5.41, 5.74) is 4.10. The van der Waals surface area contributed by atoms with Gasteiger partial charge in [0.1, 0.15) is 18.4 Å². The Balaban J connectivity index is 1.39. The number of nitrogens with zero attached hydrogens (tertiary/aromatic N) is 2. The average Bonchev–Trinajstić information content (AvgIpc) is 2.85. The minimum Gasteiger partial charge on any atom is -0.470 e. The highest BCUT2D eigenvalue weighted by molar-refractivity contribution is 6.45. The Morgan fingerprint density at radius 3 is 2.61 bits per heavy atom.